The first-order valence-electron chi connectivity index (χ1n) is 16.5. The van der Waals surface area contributed by atoms with Gasteiger partial charge >= 0.3 is 5.97 Å². The lowest BCUT2D eigenvalue weighted by Gasteiger charge is -2.50. The zero-order chi connectivity index (χ0) is 31.2. The maximum Gasteiger partial charge on any atom is 0.306 e. The van der Waals surface area contributed by atoms with E-state index in [0.29, 0.717) is 35.4 Å². The van der Waals surface area contributed by atoms with E-state index in [4.69, 9.17) is 24.2 Å². The van der Waals surface area contributed by atoms with Gasteiger partial charge in [-0.15, -0.1) is 0 Å². The van der Waals surface area contributed by atoms with Gasteiger partial charge in [-0.05, 0) is 73.8 Å². The lowest BCUT2D eigenvalue weighted by Crippen LogP contribution is -2.49. The fourth-order valence-corrected chi connectivity index (χ4v) is 8.02. The Morgan fingerprint density at radius 1 is 1.00 bits per heavy atom. The van der Waals surface area contributed by atoms with Crippen molar-refractivity contribution in [3.05, 3.63) is 23.9 Å². The van der Waals surface area contributed by atoms with Crippen LogP contribution in [0.1, 0.15) is 84.8 Å². The van der Waals surface area contributed by atoms with E-state index < -0.39 is 23.5 Å². The number of rotatable bonds is 2. The van der Waals surface area contributed by atoms with Crippen LogP contribution >= 0.6 is 0 Å². The molecule has 0 N–H and O–H groups in total. The number of carbonyl (C=O) groups is 3. The number of esters is 1. The largest absolute Gasteiger partial charge is 0.497 e. The number of ether oxygens (including phenoxy) is 3. The standard InChI is InChI=1S/C35H47N3O6/c1-20-29(19-39)38-18-30(20)43-33-27(36-26-12-11-24(42-5)16-28(26)37-33)10-8-6-7-9-22-13-21-14-23(15-21)32(22)44-31(40)17-25(34(38)41)35(2,3)4/h11-12,16,19-23,25,29-30,32H,6-10,13-15,17-18H2,1-5H3/t20-,21?,22+,23?,25+,29?,30-,32-/m0/s1. The van der Waals surface area contributed by atoms with Gasteiger partial charge in [-0.3, -0.25) is 9.59 Å². The van der Waals surface area contributed by atoms with E-state index in [-0.39, 0.29) is 36.9 Å². The summed E-state index contributed by atoms with van der Waals surface area (Å²) in [7, 11) is 1.62. The van der Waals surface area contributed by atoms with E-state index in [0.717, 1.165) is 68.4 Å². The molecule has 6 atom stereocenters. The van der Waals surface area contributed by atoms with Crippen LogP contribution in [0.5, 0.6) is 11.6 Å². The molecule has 1 aromatic heterocycles. The summed E-state index contributed by atoms with van der Waals surface area (Å²) in [6.07, 6.45) is 8.50. The fraction of sp³-hybridized carbons (Fsp3) is 0.686. The summed E-state index contributed by atoms with van der Waals surface area (Å²) in [6.45, 7) is 8.10. The molecule has 1 amide bonds. The first-order chi connectivity index (χ1) is 21.0. The Bertz CT molecular complexity index is 1400. The average Bonchev–Trinajstić information content (AvgIpc) is 3.28. The lowest BCUT2D eigenvalue weighted by atomic mass is 9.59. The Labute approximate surface area is 260 Å². The number of methoxy groups -OCH3 is 1. The molecule has 5 aliphatic rings. The summed E-state index contributed by atoms with van der Waals surface area (Å²) in [5, 5.41) is 0. The Hall–Kier alpha value is -3.23. The second kappa shape index (κ2) is 12.3. The topological polar surface area (TPSA) is 108 Å². The zero-order valence-electron chi connectivity index (χ0n) is 26.8. The number of aromatic nitrogens is 2. The highest BCUT2D eigenvalue weighted by molar-refractivity contribution is 5.87. The van der Waals surface area contributed by atoms with Gasteiger partial charge < -0.3 is 23.9 Å². The minimum absolute atomic E-state index is 0.00577. The number of amides is 1. The summed E-state index contributed by atoms with van der Waals surface area (Å²) in [5.74, 6) is 1.29. The molecule has 2 aromatic rings. The fourth-order valence-electron chi connectivity index (χ4n) is 8.02. The molecule has 1 aromatic carbocycles. The van der Waals surface area contributed by atoms with Gasteiger partial charge in [-0.25, -0.2) is 9.97 Å². The van der Waals surface area contributed by atoms with Crippen LogP contribution in [0.15, 0.2) is 18.2 Å². The summed E-state index contributed by atoms with van der Waals surface area (Å²) >= 11 is 0. The molecule has 44 heavy (non-hydrogen) atoms. The van der Waals surface area contributed by atoms with E-state index in [1.165, 1.54) is 0 Å². The van der Waals surface area contributed by atoms with Crippen LogP contribution in [0.3, 0.4) is 0 Å². The predicted molar refractivity (Wildman–Crippen MR) is 165 cm³/mol. The number of carbonyl (C=O) groups excluding carboxylic acids is 3. The second-order valence-electron chi connectivity index (χ2n) is 14.7. The average molecular weight is 606 g/mol. The molecule has 3 heterocycles. The highest BCUT2D eigenvalue weighted by atomic mass is 16.5. The van der Waals surface area contributed by atoms with Crippen molar-refractivity contribution in [2.75, 3.05) is 13.7 Å². The summed E-state index contributed by atoms with van der Waals surface area (Å²) < 4.78 is 18.2. The molecule has 3 aliphatic carbocycles. The van der Waals surface area contributed by atoms with Crippen LogP contribution in [0.25, 0.3) is 11.0 Å². The van der Waals surface area contributed by atoms with Crippen molar-refractivity contribution in [1.29, 1.82) is 0 Å². The minimum Gasteiger partial charge on any atom is -0.497 e. The highest BCUT2D eigenvalue weighted by Gasteiger charge is 2.50. The minimum atomic E-state index is -0.665. The van der Waals surface area contributed by atoms with Gasteiger partial charge in [0, 0.05) is 12.0 Å². The number of fused-ring (bicyclic) bond motifs is 4. The van der Waals surface area contributed by atoms with E-state index in [9.17, 15) is 14.4 Å². The normalized spacial score (nSPS) is 33.2. The molecule has 1 unspecified atom stereocenters. The Balaban J connectivity index is 1.34. The molecular formula is C35H47N3O6. The third-order valence-corrected chi connectivity index (χ3v) is 10.8. The summed E-state index contributed by atoms with van der Waals surface area (Å²) in [4.78, 5) is 51.6. The van der Waals surface area contributed by atoms with E-state index in [2.05, 4.69) is 0 Å². The number of hydrogen-bond acceptors (Lipinski definition) is 8. The van der Waals surface area contributed by atoms with Crippen molar-refractivity contribution in [1.82, 2.24) is 14.9 Å². The van der Waals surface area contributed by atoms with Gasteiger partial charge in [-0.1, -0.05) is 40.5 Å². The Kier molecular flexibility index (Phi) is 8.59. The van der Waals surface area contributed by atoms with Crippen molar-refractivity contribution in [2.24, 2.45) is 35.0 Å². The van der Waals surface area contributed by atoms with E-state index in [1.54, 1.807) is 12.0 Å². The van der Waals surface area contributed by atoms with Crippen LogP contribution in [0.2, 0.25) is 0 Å². The SMILES string of the molecule is COc1ccc2nc3c(nc2c1)O[C@H]1CN(C(=O)[C@H](C(C)(C)C)CC(=O)O[C@@H]2C4CC(C4)C[C@H]2CCCCC3)C(C=O)[C@@H]1C. The number of nitrogens with zero attached hydrogens (tertiary/aromatic N) is 3. The second-order valence-corrected chi connectivity index (χ2v) is 14.7. The van der Waals surface area contributed by atoms with Crippen LogP contribution in [0, 0.1) is 35.0 Å². The molecule has 4 fully saturated rings. The van der Waals surface area contributed by atoms with Gasteiger partial charge in [0.15, 0.2) is 0 Å². The van der Waals surface area contributed by atoms with Crippen molar-refractivity contribution < 1.29 is 28.6 Å². The van der Waals surface area contributed by atoms with Crippen LogP contribution in [-0.4, -0.2) is 64.9 Å². The molecule has 9 nitrogen and oxygen atoms in total. The van der Waals surface area contributed by atoms with Gasteiger partial charge in [0.2, 0.25) is 11.8 Å². The van der Waals surface area contributed by atoms with Gasteiger partial charge in [0.05, 0.1) is 43.1 Å². The Morgan fingerprint density at radius 2 is 1.77 bits per heavy atom. The summed E-state index contributed by atoms with van der Waals surface area (Å²) in [5.41, 5.74) is 1.73. The van der Waals surface area contributed by atoms with E-state index >= 15 is 0 Å². The van der Waals surface area contributed by atoms with Crippen LogP contribution in [-0.2, 0) is 25.5 Å². The number of benzene rings is 1. The molecule has 1 saturated heterocycles. The lowest BCUT2D eigenvalue weighted by molar-refractivity contribution is -0.172. The molecule has 2 aliphatic heterocycles. The predicted octanol–water partition coefficient (Wildman–Crippen LogP) is 5.56. The van der Waals surface area contributed by atoms with Crippen molar-refractivity contribution in [2.45, 2.75) is 104 Å². The van der Waals surface area contributed by atoms with Crippen molar-refractivity contribution in [3.63, 3.8) is 0 Å². The maximum absolute atomic E-state index is 14.2. The van der Waals surface area contributed by atoms with Gasteiger partial charge in [0.25, 0.3) is 0 Å². The third-order valence-electron chi connectivity index (χ3n) is 10.8. The smallest absolute Gasteiger partial charge is 0.306 e. The molecule has 4 bridgehead atoms. The van der Waals surface area contributed by atoms with Gasteiger partial charge in [0.1, 0.15) is 29.9 Å². The number of aryl methyl sites for hydroxylation is 1. The van der Waals surface area contributed by atoms with Gasteiger partial charge in [-0.2, -0.15) is 0 Å². The van der Waals surface area contributed by atoms with Crippen molar-refractivity contribution in [3.8, 4) is 11.6 Å². The molecule has 3 saturated carbocycles. The first kappa shape index (κ1) is 30.8. The molecule has 7 rings (SSSR count). The third kappa shape index (κ3) is 6.03. The van der Waals surface area contributed by atoms with E-state index in [1.807, 2.05) is 45.9 Å². The molecular weight excluding hydrogens is 558 g/mol. The quantitative estimate of drug-likeness (QED) is 0.324. The molecule has 9 heteroatoms. The molecule has 0 radical (unpaired) electrons. The highest BCUT2D eigenvalue weighted by Crippen LogP contribution is 2.51. The zero-order valence-corrected chi connectivity index (χ0v) is 26.8. The maximum atomic E-state index is 14.2. The Morgan fingerprint density at radius 3 is 2.50 bits per heavy atom. The number of aldehydes is 1. The monoisotopic (exact) mass is 605 g/mol. The molecule has 238 valence electrons. The molecule has 0 spiro atoms. The van der Waals surface area contributed by atoms with Crippen molar-refractivity contribution >= 4 is 29.2 Å². The number of hydrogen-bond donors (Lipinski definition) is 0. The van der Waals surface area contributed by atoms with Crippen LogP contribution < -0.4 is 9.47 Å². The first-order valence-corrected chi connectivity index (χ1v) is 16.5. The van der Waals surface area contributed by atoms with Crippen LogP contribution in [0.4, 0.5) is 0 Å². The summed E-state index contributed by atoms with van der Waals surface area (Å²) in [6, 6.07) is 4.97.